The van der Waals surface area contributed by atoms with Crippen LogP contribution in [0.1, 0.15) is 24.5 Å². The maximum Gasteiger partial charge on any atom is 0.184 e. The Balaban J connectivity index is 1.37. The Morgan fingerprint density at radius 1 is 1.21 bits per heavy atom. The number of nitrogens with zero attached hydrogens (tertiary/aromatic N) is 5. The predicted octanol–water partition coefficient (Wildman–Crippen LogP) is 6.31. The molecule has 1 saturated heterocycles. The highest BCUT2D eigenvalue weighted by Crippen LogP contribution is 2.35. The molecule has 0 saturated carbocycles. The summed E-state index contributed by atoms with van der Waals surface area (Å²) in [7, 11) is 1.55. The molecule has 3 unspecified atom stereocenters. The quantitative estimate of drug-likeness (QED) is 0.147. The van der Waals surface area contributed by atoms with Gasteiger partial charge in [-0.2, -0.15) is 5.26 Å². The van der Waals surface area contributed by atoms with Crippen LogP contribution < -0.4 is 0 Å². The Morgan fingerprint density at radius 3 is 2.74 bits per heavy atom. The zero-order valence-corrected chi connectivity index (χ0v) is 24.9. The van der Waals surface area contributed by atoms with E-state index in [0.29, 0.717) is 21.2 Å². The Morgan fingerprint density at radius 2 is 2.02 bits per heavy atom. The van der Waals surface area contributed by atoms with Crippen LogP contribution in [0.3, 0.4) is 0 Å². The molecule has 1 aliphatic rings. The molecule has 5 rings (SSSR count). The van der Waals surface area contributed by atoms with Gasteiger partial charge in [-0.05, 0) is 25.1 Å². The van der Waals surface area contributed by atoms with Gasteiger partial charge in [-0.3, -0.25) is 0 Å². The molecule has 13 heteroatoms. The zero-order chi connectivity index (χ0) is 29.6. The Labute approximate surface area is 256 Å². The minimum absolute atomic E-state index is 0.0230. The molecule has 1 fully saturated rings. The molecule has 9 nitrogen and oxygen atoms in total. The number of nitriles is 1. The van der Waals surface area contributed by atoms with Crippen LogP contribution in [0.4, 0.5) is 4.39 Å². The molecule has 3 heterocycles. The largest absolute Gasteiger partial charge is 0.376 e. The first-order valence-corrected chi connectivity index (χ1v) is 14.6. The second-order valence-electron chi connectivity index (χ2n) is 9.42. The second kappa shape index (κ2) is 13.9. The van der Waals surface area contributed by atoms with Crippen molar-refractivity contribution in [2.45, 2.75) is 48.4 Å². The van der Waals surface area contributed by atoms with Crippen molar-refractivity contribution in [2.75, 3.05) is 13.7 Å². The number of benzene rings is 2. The van der Waals surface area contributed by atoms with Gasteiger partial charge in [0.1, 0.15) is 35.2 Å². The third-order valence-electron chi connectivity index (χ3n) is 6.55. The van der Waals surface area contributed by atoms with Crippen molar-refractivity contribution < 1.29 is 23.3 Å². The molecule has 2 aromatic heterocycles. The average molecular weight is 631 g/mol. The lowest BCUT2D eigenvalue weighted by molar-refractivity contribution is -0.267. The fourth-order valence-corrected chi connectivity index (χ4v) is 5.83. The van der Waals surface area contributed by atoms with Crippen LogP contribution in [0.2, 0.25) is 10.0 Å². The third-order valence-corrected chi connectivity index (χ3v) is 8.28. The van der Waals surface area contributed by atoms with Gasteiger partial charge in [0.25, 0.3) is 0 Å². The normalized spacial score (nSPS) is 20.1. The highest BCUT2D eigenvalue weighted by atomic mass is 35.5. The van der Waals surface area contributed by atoms with Crippen molar-refractivity contribution >= 4 is 35.0 Å². The number of pyridine rings is 1. The topological polar surface area (TPSA) is 104 Å². The number of hydrogen-bond donors (Lipinski definition) is 0. The summed E-state index contributed by atoms with van der Waals surface area (Å²) in [4.78, 5) is 4.68. The van der Waals surface area contributed by atoms with Crippen molar-refractivity contribution in [1.82, 2.24) is 20.0 Å². The molecule has 1 aliphatic heterocycles. The summed E-state index contributed by atoms with van der Waals surface area (Å²) in [5.74, 6) is -0.549. The average Bonchev–Trinajstić information content (AvgIpc) is 3.47. The van der Waals surface area contributed by atoms with E-state index in [1.807, 2.05) is 37.3 Å². The lowest BCUT2D eigenvalue weighted by atomic mass is 10.1. The van der Waals surface area contributed by atoms with E-state index in [0.717, 1.165) is 5.56 Å². The summed E-state index contributed by atoms with van der Waals surface area (Å²) in [6.45, 7) is 2.41. The number of methoxy groups -OCH3 is 1. The number of thioether (sulfide) groups is 1. The summed E-state index contributed by atoms with van der Waals surface area (Å²) in [6, 6.07) is 17.9. The first-order valence-electron chi connectivity index (χ1n) is 12.9. The fourth-order valence-electron chi connectivity index (χ4n) is 4.29. The first kappa shape index (κ1) is 30.4. The molecule has 5 atom stereocenters. The monoisotopic (exact) mass is 629 g/mol. The van der Waals surface area contributed by atoms with Gasteiger partial charge in [-0.15, -0.1) is 5.10 Å². The maximum atomic E-state index is 14.0. The number of halogens is 3. The van der Waals surface area contributed by atoms with Gasteiger partial charge in [0.15, 0.2) is 12.0 Å². The zero-order valence-electron chi connectivity index (χ0n) is 22.6. The number of aromatic nitrogens is 4. The molecule has 0 N–H and O–H groups in total. The number of rotatable bonds is 10. The van der Waals surface area contributed by atoms with Crippen molar-refractivity contribution in [3.63, 3.8) is 0 Å². The molecular formula is C29H26Cl2FN5O4S. The van der Waals surface area contributed by atoms with E-state index in [1.54, 1.807) is 30.1 Å². The molecular weight excluding hydrogens is 604 g/mol. The molecule has 42 heavy (non-hydrogen) atoms. The summed E-state index contributed by atoms with van der Waals surface area (Å²) >= 11 is 13.3. The maximum absolute atomic E-state index is 14.0. The second-order valence-corrected chi connectivity index (χ2v) is 11.4. The van der Waals surface area contributed by atoms with Gasteiger partial charge in [-0.25, -0.2) is 14.1 Å². The van der Waals surface area contributed by atoms with E-state index < -0.39 is 29.8 Å². The van der Waals surface area contributed by atoms with Crippen LogP contribution in [-0.4, -0.2) is 57.4 Å². The van der Waals surface area contributed by atoms with Gasteiger partial charge in [0.05, 0.1) is 35.5 Å². The number of hydrogen-bond acceptors (Lipinski definition) is 9. The van der Waals surface area contributed by atoms with Crippen LogP contribution in [0, 0.1) is 17.1 Å². The summed E-state index contributed by atoms with van der Waals surface area (Å²) in [5, 5.41) is 18.5. The van der Waals surface area contributed by atoms with E-state index >= 15 is 0 Å². The van der Waals surface area contributed by atoms with Gasteiger partial charge < -0.3 is 18.9 Å². The fraction of sp³-hybridized carbons (Fsp3) is 0.310. The van der Waals surface area contributed by atoms with Gasteiger partial charge in [0, 0.05) is 29.3 Å². The molecule has 0 spiro atoms. The lowest BCUT2D eigenvalue weighted by Crippen LogP contribution is -2.45. The van der Waals surface area contributed by atoms with Crippen LogP contribution in [-0.2, 0) is 25.5 Å². The van der Waals surface area contributed by atoms with E-state index in [4.69, 9.17) is 42.1 Å². The van der Waals surface area contributed by atoms with E-state index in [1.165, 1.54) is 30.1 Å². The van der Waals surface area contributed by atoms with Crippen LogP contribution >= 0.6 is 35.0 Å². The highest BCUT2D eigenvalue weighted by Gasteiger charge is 2.36. The van der Waals surface area contributed by atoms with Crippen LogP contribution in [0.5, 0.6) is 0 Å². The molecule has 2 aromatic carbocycles. The standard InChI is InChI=1S/C29H26Cl2FN5O4S/c1-17-26(16-39-28(40-17)18-6-4-3-5-7-18)41-29(42-27-11-20(30)13-34-23(27)12-33)25(38-2)15-37-14-24(35-36-37)19-8-9-21(31)22(32)10-19/h3-11,13-14,17,25-26,28-29H,15-16H2,1-2H3/t17-,25+,26?,28?,29?/m1/s1. The summed E-state index contributed by atoms with van der Waals surface area (Å²) < 4.78 is 40.2. The van der Waals surface area contributed by atoms with Gasteiger partial charge >= 0.3 is 0 Å². The van der Waals surface area contributed by atoms with Gasteiger partial charge in [-0.1, -0.05) is 76.6 Å². The van der Waals surface area contributed by atoms with Crippen molar-refractivity contribution in [3.8, 4) is 17.3 Å². The SMILES string of the molecule is CO[C@@H](Cn1cc(-c2ccc(Cl)c(F)c2)nn1)C(OC1COC(c2ccccc2)O[C@@H]1C)Sc1cc(Cl)cnc1C#N. The van der Waals surface area contributed by atoms with E-state index in [9.17, 15) is 9.65 Å². The van der Waals surface area contributed by atoms with Crippen molar-refractivity contribution in [3.05, 3.63) is 94.1 Å². The molecule has 0 amide bonds. The highest BCUT2D eigenvalue weighted by molar-refractivity contribution is 7.99. The summed E-state index contributed by atoms with van der Waals surface area (Å²) in [6.07, 6.45) is 1.21. The Kier molecular flexibility index (Phi) is 10.1. The minimum Gasteiger partial charge on any atom is -0.376 e. The third kappa shape index (κ3) is 7.27. The van der Waals surface area contributed by atoms with E-state index in [-0.39, 0.29) is 30.0 Å². The smallest absolute Gasteiger partial charge is 0.184 e. The minimum atomic E-state index is -0.670. The molecule has 0 aliphatic carbocycles. The molecule has 0 radical (unpaired) electrons. The Bertz CT molecular complexity index is 1560. The molecule has 218 valence electrons. The van der Waals surface area contributed by atoms with Crippen LogP contribution in [0.25, 0.3) is 11.3 Å². The molecule has 4 aromatic rings. The van der Waals surface area contributed by atoms with Crippen molar-refractivity contribution in [2.24, 2.45) is 0 Å². The number of ether oxygens (including phenoxy) is 4. The first-order chi connectivity index (χ1) is 20.3. The van der Waals surface area contributed by atoms with Gasteiger partial charge in [0.2, 0.25) is 0 Å². The lowest BCUT2D eigenvalue weighted by Gasteiger charge is -2.37. The Hall–Kier alpha value is -3.08. The summed E-state index contributed by atoms with van der Waals surface area (Å²) in [5.41, 5.74) is 1.44. The molecule has 0 bridgehead atoms. The van der Waals surface area contributed by atoms with Crippen molar-refractivity contribution in [1.29, 1.82) is 5.26 Å². The van der Waals surface area contributed by atoms with Crippen LogP contribution in [0.15, 0.2) is 71.9 Å². The van der Waals surface area contributed by atoms with E-state index in [2.05, 4.69) is 21.4 Å². The predicted molar refractivity (Wildman–Crippen MR) is 155 cm³/mol.